The Labute approximate surface area is 146 Å². The number of rotatable bonds is 7. The lowest BCUT2D eigenvalue weighted by Crippen LogP contribution is -2.52. The predicted octanol–water partition coefficient (Wildman–Crippen LogP) is 1.81. The summed E-state index contributed by atoms with van der Waals surface area (Å²) in [6.07, 6.45) is 3.88. The number of aliphatic carboxylic acids is 1. The Morgan fingerprint density at radius 3 is 2.88 bits per heavy atom. The van der Waals surface area contributed by atoms with Gasteiger partial charge in [-0.1, -0.05) is 13.0 Å². The molecule has 1 saturated heterocycles. The van der Waals surface area contributed by atoms with E-state index in [-0.39, 0.29) is 19.1 Å². The molecule has 0 spiro atoms. The highest BCUT2D eigenvalue weighted by molar-refractivity contribution is 5.94. The first kappa shape index (κ1) is 18.8. The molecule has 25 heavy (non-hydrogen) atoms. The number of amides is 1. The normalized spacial score (nSPS) is 17.5. The van der Waals surface area contributed by atoms with Crippen LogP contribution in [0, 0.1) is 0 Å². The van der Waals surface area contributed by atoms with Crippen molar-refractivity contribution in [1.82, 2.24) is 4.90 Å². The smallest absolute Gasteiger partial charge is 0.328 e. The average molecular weight is 349 g/mol. The Bertz CT molecular complexity index is 642. The van der Waals surface area contributed by atoms with Crippen molar-refractivity contribution < 1.29 is 28.9 Å². The standard InChI is InChI=1S/C18H23NO6/c1-3-9-25-15-6-4-13(11-16(15)23-2)5-7-17(20)19-8-10-24-12-14(19)18(21)22/h4-7,11,14H,3,8-10,12H2,1-2H3,(H,21,22)/b7-5+. The van der Waals surface area contributed by atoms with E-state index in [4.69, 9.17) is 14.2 Å². The van der Waals surface area contributed by atoms with Crippen LogP contribution in [0.15, 0.2) is 24.3 Å². The zero-order valence-corrected chi connectivity index (χ0v) is 14.4. The van der Waals surface area contributed by atoms with Gasteiger partial charge in [0.05, 0.1) is 26.9 Å². The van der Waals surface area contributed by atoms with Gasteiger partial charge in [-0.15, -0.1) is 0 Å². The lowest BCUT2D eigenvalue weighted by Gasteiger charge is -2.32. The molecular weight excluding hydrogens is 326 g/mol. The number of hydrogen-bond acceptors (Lipinski definition) is 5. The van der Waals surface area contributed by atoms with Gasteiger partial charge in [0.2, 0.25) is 5.91 Å². The van der Waals surface area contributed by atoms with Crippen molar-refractivity contribution in [3.63, 3.8) is 0 Å². The second-order valence-corrected chi connectivity index (χ2v) is 5.55. The molecule has 7 nitrogen and oxygen atoms in total. The van der Waals surface area contributed by atoms with Crippen molar-refractivity contribution in [1.29, 1.82) is 0 Å². The van der Waals surface area contributed by atoms with E-state index in [1.54, 1.807) is 25.3 Å². The fraction of sp³-hybridized carbons (Fsp3) is 0.444. The molecule has 1 aliphatic heterocycles. The quantitative estimate of drug-likeness (QED) is 0.756. The molecule has 1 aromatic carbocycles. The summed E-state index contributed by atoms with van der Waals surface area (Å²) in [6.45, 7) is 3.21. The molecule has 7 heteroatoms. The molecule has 0 saturated carbocycles. The second kappa shape index (κ2) is 9.08. The Hall–Kier alpha value is -2.54. The van der Waals surface area contributed by atoms with E-state index in [0.29, 0.717) is 24.7 Å². The van der Waals surface area contributed by atoms with Crippen LogP contribution in [0.5, 0.6) is 11.5 Å². The van der Waals surface area contributed by atoms with Gasteiger partial charge in [-0.3, -0.25) is 4.79 Å². The van der Waals surface area contributed by atoms with Crippen molar-refractivity contribution in [3.05, 3.63) is 29.8 Å². The summed E-state index contributed by atoms with van der Waals surface area (Å²) in [5, 5.41) is 9.18. The molecule has 0 radical (unpaired) electrons. The van der Waals surface area contributed by atoms with E-state index in [0.717, 1.165) is 12.0 Å². The van der Waals surface area contributed by atoms with Crippen molar-refractivity contribution >= 4 is 18.0 Å². The SMILES string of the molecule is CCCOc1ccc(/C=C/C(=O)N2CCOCC2C(=O)O)cc1OC. The number of nitrogens with zero attached hydrogens (tertiary/aromatic N) is 1. The van der Waals surface area contributed by atoms with Crippen molar-refractivity contribution in [2.24, 2.45) is 0 Å². The van der Waals surface area contributed by atoms with Crippen LogP contribution >= 0.6 is 0 Å². The van der Waals surface area contributed by atoms with Gasteiger partial charge in [0.15, 0.2) is 17.5 Å². The van der Waals surface area contributed by atoms with Crippen LogP contribution in [-0.2, 0) is 14.3 Å². The fourth-order valence-corrected chi connectivity index (χ4v) is 2.45. The summed E-state index contributed by atoms with van der Waals surface area (Å²) >= 11 is 0. The van der Waals surface area contributed by atoms with E-state index < -0.39 is 12.0 Å². The largest absolute Gasteiger partial charge is 0.493 e. The zero-order valence-electron chi connectivity index (χ0n) is 14.4. The molecule has 1 N–H and O–H groups in total. The molecule has 1 heterocycles. The van der Waals surface area contributed by atoms with Gasteiger partial charge < -0.3 is 24.2 Å². The predicted molar refractivity (Wildman–Crippen MR) is 91.8 cm³/mol. The highest BCUT2D eigenvalue weighted by Crippen LogP contribution is 2.28. The number of benzene rings is 1. The maximum Gasteiger partial charge on any atom is 0.328 e. The van der Waals surface area contributed by atoms with Crippen LogP contribution in [0.2, 0.25) is 0 Å². The van der Waals surface area contributed by atoms with Crippen molar-refractivity contribution in [3.8, 4) is 11.5 Å². The number of hydrogen-bond donors (Lipinski definition) is 1. The number of carboxylic acid groups (broad SMARTS) is 1. The molecule has 1 aliphatic rings. The van der Waals surface area contributed by atoms with Gasteiger partial charge in [-0.2, -0.15) is 0 Å². The van der Waals surface area contributed by atoms with Crippen LogP contribution in [0.4, 0.5) is 0 Å². The summed E-state index contributed by atoms with van der Waals surface area (Å²) in [6, 6.07) is 4.41. The summed E-state index contributed by atoms with van der Waals surface area (Å²) in [4.78, 5) is 24.8. The van der Waals surface area contributed by atoms with E-state index in [1.807, 2.05) is 13.0 Å². The van der Waals surface area contributed by atoms with Crippen LogP contribution in [0.3, 0.4) is 0 Å². The molecule has 1 aromatic rings. The molecule has 136 valence electrons. The first-order valence-corrected chi connectivity index (χ1v) is 8.17. The summed E-state index contributed by atoms with van der Waals surface area (Å²) < 4.78 is 16.0. The zero-order chi connectivity index (χ0) is 18.2. The number of morpholine rings is 1. The molecule has 1 fully saturated rings. The Morgan fingerprint density at radius 1 is 1.40 bits per heavy atom. The Balaban J connectivity index is 2.09. The maximum absolute atomic E-state index is 12.3. The van der Waals surface area contributed by atoms with Crippen LogP contribution in [0.25, 0.3) is 6.08 Å². The molecule has 0 bridgehead atoms. The van der Waals surface area contributed by atoms with Gasteiger partial charge in [0.25, 0.3) is 0 Å². The first-order chi connectivity index (χ1) is 12.1. The van der Waals surface area contributed by atoms with Gasteiger partial charge in [0.1, 0.15) is 0 Å². The summed E-state index contributed by atoms with van der Waals surface area (Å²) in [5.41, 5.74) is 0.759. The highest BCUT2D eigenvalue weighted by Gasteiger charge is 2.31. The fourth-order valence-electron chi connectivity index (χ4n) is 2.45. The monoisotopic (exact) mass is 349 g/mol. The Morgan fingerprint density at radius 2 is 2.20 bits per heavy atom. The lowest BCUT2D eigenvalue weighted by molar-refractivity contribution is -0.156. The number of methoxy groups -OCH3 is 1. The number of ether oxygens (including phenoxy) is 3. The van der Waals surface area contributed by atoms with Crippen LogP contribution < -0.4 is 9.47 Å². The van der Waals surface area contributed by atoms with Crippen LogP contribution in [0.1, 0.15) is 18.9 Å². The van der Waals surface area contributed by atoms with Gasteiger partial charge in [-0.25, -0.2) is 4.79 Å². The van der Waals surface area contributed by atoms with Crippen molar-refractivity contribution in [2.75, 3.05) is 33.5 Å². The number of carbonyl (C=O) groups is 2. The molecule has 0 aliphatic carbocycles. The number of carbonyl (C=O) groups excluding carboxylic acids is 1. The summed E-state index contributed by atoms with van der Waals surface area (Å²) in [5.74, 6) is -0.202. The summed E-state index contributed by atoms with van der Waals surface area (Å²) in [7, 11) is 1.55. The first-order valence-electron chi connectivity index (χ1n) is 8.17. The third-order valence-electron chi connectivity index (χ3n) is 3.76. The van der Waals surface area contributed by atoms with E-state index in [2.05, 4.69) is 0 Å². The van der Waals surface area contributed by atoms with Crippen molar-refractivity contribution in [2.45, 2.75) is 19.4 Å². The highest BCUT2D eigenvalue weighted by atomic mass is 16.5. The second-order valence-electron chi connectivity index (χ2n) is 5.55. The third-order valence-corrected chi connectivity index (χ3v) is 3.76. The third kappa shape index (κ3) is 4.96. The molecular formula is C18H23NO6. The minimum absolute atomic E-state index is 0.00615. The van der Waals surface area contributed by atoms with Gasteiger partial charge in [-0.05, 0) is 30.2 Å². The minimum Gasteiger partial charge on any atom is -0.493 e. The molecule has 2 rings (SSSR count). The maximum atomic E-state index is 12.3. The molecule has 1 amide bonds. The molecule has 1 atom stereocenters. The van der Waals surface area contributed by atoms with Gasteiger partial charge >= 0.3 is 5.97 Å². The minimum atomic E-state index is -1.07. The molecule has 0 aromatic heterocycles. The van der Waals surface area contributed by atoms with E-state index in [1.165, 1.54) is 11.0 Å². The number of carboxylic acids is 1. The van der Waals surface area contributed by atoms with Crippen LogP contribution in [-0.4, -0.2) is 61.4 Å². The van der Waals surface area contributed by atoms with E-state index in [9.17, 15) is 14.7 Å². The van der Waals surface area contributed by atoms with E-state index >= 15 is 0 Å². The average Bonchev–Trinajstić information content (AvgIpc) is 2.64. The molecule has 1 unspecified atom stereocenters. The lowest BCUT2D eigenvalue weighted by atomic mass is 10.1. The Kier molecular flexibility index (Phi) is 6.82. The van der Waals surface area contributed by atoms with Gasteiger partial charge in [0, 0.05) is 12.6 Å². The topological polar surface area (TPSA) is 85.3 Å².